The first-order chi connectivity index (χ1) is 7.24. The molecular formula is C15H31N. The summed E-state index contributed by atoms with van der Waals surface area (Å²) >= 11 is 0. The molecule has 1 aliphatic rings. The lowest BCUT2D eigenvalue weighted by atomic mass is 9.63. The standard InChI is InChI=1S/C15H31N/c1-7-8-12(2)16-13-9-14(3,4)11-15(5,6)10-13/h12-13,16H,7-11H2,1-6H3. The summed E-state index contributed by atoms with van der Waals surface area (Å²) in [6, 6.07) is 1.40. The molecule has 1 N–H and O–H groups in total. The minimum Gasteiger partial charge on any atom is -0.311 e. The van der Waals surface area contributed by atoms with Crippen LogP contribution in [0.4, 0.5) is 0 Å². The van der Waals surface area contributed by atoms with Crippen LogP contribution in [-0.2, 0) is 0 Å². The van der Waals surface area contributed by atoms with Gasteiger partial charge in [0.1, 0.15) is 0 Å². The van der Waals surface area contributed by atoms with Gasteiger partial charge in [0.05, 0.1) is 0 Å². The van der Waals surface area contributed by atoms with Crippen LogP contribution in [0.5, 0.6) is 0 Å². The monoisotopic (exact) mass is 225 g/mol. The van der Waals surface area contributed by atoms with Gasteiger partial charge in [0.15, 0.2) is 0 Å². The predicted molar refractivity (Wildman–Crippen MR) is 72.7 cm³/mol. The first kappa shape index (κ1) is 14.0. The average molecular weight is 225 g/mol. The maximum Gasteiger partial charge on any atom is 0.00797 e. The molecular weight excluding hydrogens is 194 g/mol. The van der Waals surface area contributed by atoms with Crippen molar-refractivity contribution in [2.45, 2.75) is 85.7 Å². The summed E-state index contributed by atoms with van der Waals surface area (Å²) in [6.07, 6.45) is 6.63. The van der Waals surface area contributed by atoms with E-state index in [9.17, 15) is 0 Å². The van der Waals surface area contributed by atoms with Crippen molar-refractivity contribution >= 4 is 0 Å². The van der Waals surface area contributed by atoms with Crippen molar-refractivity contribution in [2.75, 3.05) is 0 Å². The molecule has 1 aliphatic carbocycles. The molecule has 0 heterocycles. The van der Waals surface area contributed by atoms with Gasteiger partial charge in [0.25, 0.3) is 0 Å². The minimum atomic E-state index is 0.505. The zero-order valence-electron chi connectivity index (χ0n) is 12.2. The molecule has 1 saturated carbocycles. The van der Waals surface area contributed by atoms with Crippen LogP contribution in [0.25, 0.3) is 0 Å². The fraction of sp³-hybridized carbons (Fsp3) is 1.00. The van der Waals surface area contributed by atoms with Gasteiger partial charge in [-0.15, -0.1) is 0 Å². The Kier molecular flexibility index (Phi) is 4.45. The van der Waals surface area contributed by atoms with E-state index < -0.39 is 0 Å². The van der Waals surface area contributed by atoms with Gasteiger partial charge in [-0.05, 0) is 43.4 Å². The SMILES string of the molecule is CCCC(C)NC1CC(C)(C)CC(C)(C)C1. The van der Waals surface area contributed by atoms with Gasteiger partial charge in [-0.2, -0.15) is 0 Å². The van der Waals surface area contributed by atoms with E-state index in [4.69, 9.17) is 0 Å². The van der Waals surface area contributed by atoms with E-state index in [1.165, 1.54) is 32.1 Å². The molecule has 1 atom stereocenters. The Labute approximate surface area is 102 Å². The van der Waals surface area contributed by atoms with Crippen molar-refractivity contribution in [3.8, 4) is 0 Å². The Bertz CT molecular complexity index is 201. The second-order valence-electron chi connectivity index (χ2n) is 7.47. The molecule has 1 fully saturated rings. The summed E-state index contributed by atoms with van der Waals surface area (Å²) in [5.41, 5.74) is 1.01. The van der Waals surface area contributed by atoms with Gasteiger partial charge in [-0.25, -0.2) is 0 Å². The van der Waals surface area contributed by atoms with Gasteiger partial charge in [0.2, 0.25) is 0 Å². The molecule has 0 aromatic carbocycles. The quantitative estimate of drug-likeness (QED) is 0.749. The maximum atomic E-state index is 3.83. The zero-order chi connectivity index (χ0) is 12.4. The van der Waals surface area contributed by atoms with Gasteiger partial charge in [0, 0.05) is 12.1 Å². The molecule has 0 radical (unpaired) electrons. The summed E-state index contributed by atoms with van der Waals surface area (Å²) < 4.78 is 0. The van der Waals surface area contributed by atoms with Gasteiger partial charge in [-0.3, -0.25) is 0 Å². The van der Waals surface area contributed by atoms with Crippen molar-refractivity contribution in [1.82, 2.24) is 5.32 Å². The fourth-order valence-electron chi connectivity index (χ4n) is 3.88. The molecule has 1 rings (SSSR count). The highest BCUT2D eigenvalue weighted by atomic mass is 14.9. The molecule has 1 nitrogen and oxygen atoms in total. The third kappa shape index (κ3) is 4.45. The molecule has 0 spiro atoms. The molecule has 0 saturated heterocycles. The van der Waals surface area contributed by atoms with Crippen LogP contribution in [0, 0.1) is 10.8 Å². The summed E-state index contributed by atoms with van der Waals surface area (Å²) in [5, 5.41) is 3.83. The van der Waals surface area contributed by atoms with Crippen LogP contribution in [-0.4, -0.2) is 12.1 Å². The van der Waals surface area contributed by atoms with Crippen LogP contribution in [0.3, 0.4) is 0 Å². The normalized spacial score (nSPS) is 26.6. The zero-order valence-corrected chi connectivity index (χ0v) is 12.2. The smallest absolute Gasteiger partial charge is 0.00797 e. The van der Waals surface area contributed by atoms with Crippen LogP contribution in [0.15, 0.2) is 0 Å². The highest BCUT2D eigenvalue weighted by Gasteiger charge is 2.38. The Morgan fingerprint density at radius 2 is 1.62 bits per heavy atom. The van der Waals surface area contributed by atoms with Crippen molar-refractivity contribution in [1.29, 1.82) is 0 Å². The molecule has 1 heteroatoms. The van der Waals surface area contributed by atoms with Crippen LogP contribution >= 0.6 is 0 Å². The lowest BCUT2D eigenvalue weighted by Crippen LogP contribution is -2.46. The van der Waals surface area contributed by atoms with E-state index in [0.717, 1.165) is 6.04 Å². The molecule has 0 bridgehead atoms. The Hall–Kier alpha value is -0.0400. The molecule has 0 aromatic heterocycles. The summed E-state index contributed by atoms with van der Waals surface area (Å²) in [7, 11) is 0. The van der Waals surface area contributed by atoms with Crippen LogP contribution < -0.4 is 5.32 Å². The van der Waals surface area contributed by atoms with E-state index in [1.54, 1.807) is 0 Å². The van der Waals surface area contributed by atoms with E-state index in [2.05, 4.69) is 46.9 Å². The van der Waals surface area contributed by atoms with Gasteiger partial charge < -0.3 is 5.32 Å². The summed E-state index contributed by atoms with van der Waals surface area (Å²) in [5.74, 6) is 0. The number of hydrogen-bond acceptors (Lipinski definition) is 1. The fourth-order valence-corrected chi connectivity index (χ4v) is 3.88. The van der Waals surface area contributed by atoms with E-state index in [0.29, 0.717) is 16.9 Å². The second kappa shape index (κ2) is 5.08. The topological polar surface area (TPSA) is 12.0 Å². The molecule has 0 amide bonds. The molecule has 0 aliphatic heterocycles. The molecule has 96 valence electrons. The first-order valence-corrected chi connectivity index (χ1v) is 7.00. The van der Waals surface area contributed by atoms with E-state index in [1.807, 2.05) is 0 Å². The van der Waals surface area contributed by atoms with E-state index >= 15 is 0 Å². The largest absolute Gasteiger partial charge is 0.311 e. The third-order valence-corrected chi connectivity index (χ3v) is 3.80. The average Bonchev–Trinajstić information content (AvgIpc) is 1.96. The van der Waals surface area contributed by atoms with Crippen molar-refractivity contribution in [2.24, 2.45) is 10.8 Å². The number of hydrogen-bond donors (Lipinski definition) is 1. The highest BCUT2D eigenvalue weighted by Crippen LogP contribution is 2.45. The third-order valence-electron chi connectivity index (χ3n) is 3.80. The highest BCUT2D eigenvalue weighted by molar-refractivity contribution is 4.92. The minimum absolute atomic E-state index is 0.505. The predicted octanol–water partition coefficient (Wildman–Crippen LogP) is 4.37. The molecule has 0 aromatic rings. The number of rotatable bonds is 4. The van der Waals surface area contributed by atoms with Crippen molar-refractivity contribution in [3.63, 3.8) is 0 Å². The van der Waals surface area contributed by atoms with E-state index in [-0.39, 0.29) is 0 Å². The van der Waals surface area contributed by atoms with Crippen LogP contribution in [0.1, 0.15) is 73.6 Å². The Balaban J connectivity index is 2.54. The molecule has 1 unspecified atom stereocenters. The lowest BCUT2D eigenvalue weighted by molar-refractivity contribution is 0.0806. The Morgan fingerprint density at radius 3 is 2.06 bits per heavy atom. The van der Waals surface area contributed by atoms with Gasteiger partial charge >= 0.3 is 0 Å². The van der Waals surface area contributed by atoms with Crippen molar-refractivity contribution < 1.29 is 0 Å². The van der Waals surface area contributed by atoms with Crippen LogP contribution in [0.2, 0.25) is 0 Å². The second-order valence-corrected chi connectivity index (χ2v) is 7.47. The Morgan fingerprint density at radius 1 is 1.12 bits per heavy atom. The first-order valence-electron chi connectivity index (χ1n) is 7.00. The molecule has 16 heavy (non-hydrogen) atoms. The lowest BCUT2D eigenvalue weighted by Gasteiger charge is -2.46. The van der Waals surface area contributed by atoms with Crippen molar-refractivity contribution in [3.05, 3.63) is 0 Å². The number of nitrogens with one attached hydrogen (secondary N) is 1. The van der Waals surface area contributed by atoms with Gasteiger partial charge in [-0.1, -0.05) is 41.0 Å². The maximum absolute atomic E-state index is 3.83. The summed E-state index contributed by atoms with van der Waals surface area (Å²) in [4.78, 5) is 0. The summed E-state index contributed by atoms with van der Waals surface area (Å²) in [6.45, 7) is 14.3.